The highest BCUT2D eigenvalue weighted by atomic mass is 35.5. The molecular formula is C17H16ClNO. The van der Waals surface area contributed by atoms with Gasteiger partial charge in [-0.15, -0.1) is 0 Å². The molecule has 0 heterocycles. The Morgan fingerprint density at radius 2 is 1.45 bits per heavy atom. The first-order valence-corrected chi connectivity index (χ1v) is 6.69. The van der Waals surface area contributed by atoms with Crippen LogP contribution in [0.25, 0.3) is 5.57 Å². The lowest BCUT2D eigenvalue weighted by Gasteiger charge is -2.14. The molecule has 0 fully saturated rings. The van der Waals surface area contributed by atoms with Gasteiger partial charge in [0.2, 0.25) is 0 Å². The van der Waals surface area contributed by atoms with E-state index in [4.69, 9.17) is 11.6 Å². The van der Waals surface area contributed by atoms with Crippen molar-refractivity contribution in [2.24, 2.45) is 0 Å². The highest BCUT2D eigenvalue weighted by Crippen LogP contribution is 2.26. The summed E-state index contributed by atoms with van der Waals surface area (Å²) in [6.07, 6.45) is 2.39. The Hall–Kier alpha value is -2.06. The number of benzene rings is 2. The molecule has 0 aliphatic heterocycles. The van der Waals surface area contributed by atoms with Gasteiger partial charge in [-0.25, -0.2) is 0 Å². The zero-order chi connectivity index (χ0) is 14.5. The number of aldehydes is 1. The minimum atomic E-state index is 0.683. The van der Waals surface area contributed by atoms with E-state index in [1.54, 1.807) is 6.08 Å². The van der Waals surface area contributed by atoms with Crippen LogP contribution in [0.4, 0.5) is 5.69 Å². The van der Waals surface area contributed by atoms with Gasteiger partial charge < -0.3 is 4.90 Å². The number of carbonyl (C=O) groups excluding carboxylic acids is 1. The fourth-order valence-electron chi connectivity index (χ4n) is 2.00. The zero-order valence-corrected chi connectivity index (χ0v) is 12.3. The summed E-state index contributed by atoms with van der Waals surface area (Å²) in [5, 5.41) is 0.683. The van der Waals surface area contributed by atoms with Gasteiger partial charge in [-0.1, -0.05) is 35.9 Å². The number of hydrogen-bond donors (Lipinski definition) is 0. The lowest BCUT2D eigenvalue weighted by Crippen LogP contribution is -2.08. The van der Waals surface area contributed by atoms with Gasteiger partial charge in [-0.05, 0) is 47.0 Å². The third kappa shape index (κ3) is 3.28. The van der Waals surface area contributed by atoms with E-state index in [1.807, 2.05) is 67.5 Å². The van der Waals surface area contributed by atoms with E-state index in [2.05, 4.69) is 0 Å². The monoisotopic (exact) mass is 285 g/mol. The van der Waals surface area contributed by atoms with Crippen molar-refractivity contribution in [1.29, 1.82) is 0 Å². The second kappa shape index (κ2) is 6.40. The Bertz CT molecular complexity index is 612. The lowest BCUT2D eigenvalue weighted by molar-refractivity contribution is -0.104. The molecule has 0 N–H and O–H groups in total. The second-order valence-corrected chi connectivity index (χ2v) is 5.10. The largest absolute Gasteiger partial charge is 0.378 e. The number of halogens is 1. The predicted molar refractivity (Wildman–Crippen MR) is 85.4 cm³/mol. The molecule has 0 bridgehead atoms. The Morgan fingerprint density at radius 3 is 1.90 bits per heavy atom. The molecule has 0 atom stereocenters. The first-order valence-electron chi connectivity index (χ1n) is 6.31. The van der Waals surface area contributed by atoms with Crippen LogP contribution >= 0.6 is 11.6 Å². The normalized spacial score (nSPS) is 11.2. The van der Waals surface area contributed by atoms with Gasteiger partial charge in [0.1, 0.15) is 6.29 Å². The SMILES string of the molecule is CN(C)c1ccc(/C(=C\C=O)c2ccc(Cl)cc2)cc1. The van der Waals surface area contributed by atoms with Crippen LogP contribution in [0, 0.1) is 0 Å². The summed E-state index contributed by atoms with van der Waals surface area (Å²) in [6.45, 7) is 0. The number of allylic oxidation sites excluding steroid dienone is 1. The molecule has 0 aliphatic carbocycles. The Morgan fingerprint density at radius 1 is 0.950 bits per heavy atom. The average molecular weight is 286 g/mol. The van der Waals surface area contributed by atoms with E-state index in [9.17, 15) is 4.79 Å². The quantitative estimate of drug-likeness (QED) is 0.624. The fraction of sp³-hybridized carbons (Fsp3) is 0.118. The number of hydrogen-bond acceptors (Lipinski definition) is 2. The highest BCUT2D eigenvalue weighted by molar-refractivity contribution is 6.30. The van der Waals surface area contributed by atoms with Crippen molar-refractivity contribution < 1.29 is 4.79 Å². The van der Waals surface area contributed by atoms with Crippen LogP contribution in [-0.2, 0) is 4.79 Å². The maximum Gasteiger partial charge on any atom is 0.143 e. The maximum atomic E-state index is 10.9. The molecule has 0 aromatic heterocycles. The van der Waals surface area contributed by atoms with Crippen LogP contribution in [0.5, 0.6) is 0 Å². The Labute approximate surface area is 124 Å². The van der Waals surface area contributed by atoms with Crippen LogP contribution in [-0.4, -0.2) is 20.4 Å². The summed E-state index contributed by atoms with van der Waals surface area (Å²) in [4.78, 5) is 12.9. The third-order valence-electron chi connectivity index (χ3n) is 3.08. The van der Waals surface area contributed by atoms with Crippen molar-refractivity contribution in [1.82, 2.24) is 0 Å². The Kier molecular flexibility index (Phi) is 4.59. The van der Waals surface area contributed by atoms with Crippen LogP contribution in [0.2, 0.25) is 5.02 Å². The van der Waals surface area contributed by atoms with E-state index in [1.165, 1.54) is 0 Å². The van der Waals surface area contributed by atoms with Gasteiger partial charge in [-0.3, -0.25) is 4.79 Å². The molecule has 2 aromatic rings. The van der Waals surface area contributed by atoms with Gasteiger partial charge in [0.05, 0.1) is 0 Å². The fourth-order valence-corrected chi connectivity index (χ4v) is 2.12. The van der Waals surface area contributed by atoms with Crippen molar-refractivity contribution >= 4 is 29.1 Å². The van der Waals surface area contributed by atoms with E-state index < -0.39 is 0 Å². The van der Waals surface area contributed by atoms with E-state index >= 15 is 0 Å². The van der Waals surface area contributed by atoms with Gasteiger partial charge in [0.25, 0.3) is 0 Å². The van der Waals surface area contributed by atoms with Gasteiger partial charge in [0.15, 0.2) is 0 Å². The minimum Gasteiger partial charge on any atom is -0.378 e. The summed E-state index contributed by atoms with van der Waals surface area (Å²) in [5.41, 5.74) is 3.99. The van der Waals surface area contributed by atoms with Crippen LogP contribution in [0.3, 0.4) is 0 Å². The molecule has 0 unspecified atom stereocenters. The number of nitrogens with zero attached hydrogens (tertiary/aromatic N) is 1. The minimum absolute atomic E-state index is 0.683. The summed E-state index contributed by atoms with van der Waals surface area (Å²) in [6, 6.07) is 15.6. The maximum absolute atomic E-state index is 10.9. The van der Waals surface area contributed by atoms with Crippen molar-refractivity contribution in [2.75, 3.05) is 19.0 Å². The average Bonchev–Trinajstić information content (AvgIpc) is 2.46. The number of rotatable bonds is 4. The van der Waals surface area contributed by atoms with Crippen LogP contribution in [0.1, 0.15) is 11.1 Å². The first-order chi connectivity index (χ1) is 9.61. The number of carbonyl (C=O) groups is 1. The molecular weight excluding hydrogens is 270 g/mol. The lowest BCUT2D eigenvalue weighted by atomic mass is 9.97. The summed E-state index contributed by atoms with van der Waals surface area (Å²) < 4.78 is 0. The summed E-state index contributed by atoms with van der Waals surface area (Å²) >= 11 is 5.90. The molecule has 0 saturated carbocycles. The molecule has 20 heavy (non-hydrogen) atoms. The van der Waals surface area contributed by atoms with E-state index in [-0.39, 0.29) is 0 Å². The molecule has 0 aliphatic rings. The molecule has 2 aromatic carbocycles. The van der Waals surface area contributed by atoms with Gasteiger partial charge in [0, 0.05) is 24.8 Å². The van der Waals surface area contributed by atoms with Crippen molar-refractivity contribution in [3.8, 4) is 0 Å². The molecule has 0 amide bonds. The molecule has 2 rings (SSSR count). The smallest absolute Gasteiger partial charge is 0.143 e. The summed E-state index contributed by atoms with van der Waals surface area (Å²) in [7, 11) is 3.99. The summed E-state index contributed by atoms with van der Waals surface area (Å²) in [5.74, 6) is 0. The topological polar surface area (TPSA) is 20.3 Å². The molecule has 102 valence electrons. The molecule has 2 nitrogen and oxygen atoms in total. The van der Waals surface area contributed by atoms with Crippen LogP contribution < -0.4 is 4.90 Å². The van der Waals surface area contributed by atoms with Crippen molar-refractivity contribution in [3.05, 3.63) is 70.8 Å². The molecule has 0 saturated heterocycles. The molecule has 0 spiro atoms. The van der Waals surface area contributed by atoms with Crippen molar-refractivity contribution in [3.63, 3.8) is 0 Å². The third-order valence-corrected chi connectivity index (χ3v) is 3.34. The van der Waals surface area contributed by atoms with Crippen molar-refractivity contribution in [2.45, 2.75) is 0 Å². The zero-order valence-electron chi connectivity index (χ0n) is 11.5. The second-order valence-electron chi connectivity index (χ2n) is 4.66. The standard InChI is InChI=1S/C17H16ClNO/c1-19(2)16-9-5-14(6-10-16)17(11-12-20)13-3-7-15(18)8-4-13/h3-12H,1-2H3/b17-11-. The van der Waals surface area contributed by atoms with Crippen LogP contribution in [0.15, 0.2) is 54.6 Å². The molecule has 0 radical (unpaired) electrons. The van der Waals surface area contributed by atoms with E-state index in [0.717, 1.165) is 28.7 Å². The van der Waals surface area contributed by atoms with Gasteiger partial charge in [-0.2, -0.15) is 0 Å². The Balaban J connectivity index is 2.41. The number of anilines is 1. The molecule has 3 heteroatoms. The van der Waals surface area contributed by atoms with E-state index in [0.29, 0.717) is 5.02 Å². The predicted octanol–water partition coefficient (Wildman–Crippen LogP) is 4.04. The highest BCUT2D eigenvalue weighted by Gasteiger charge is 2.05. The first kappa shape index (κ1) is 14.4. The van der Waals surface area contributed by atoms with Gasteiger partial charge >= 0.3 is 0 Å².